The number of carbonyl (C=O) groups is 2. The molecular formula is C22H26N4O3S. The van der Waals surface area contributed by atoms with Gasteiger partial charge in [0, 0.05) is 37.0 Å². The van der Waals surface area contributed by atoms with Gasteiger partial charge in [0.1, 0.15) is 10.7 Å². The van der Waals surface area contributed by atoms with Crippen molar-refractivity contribution in [3.05, 3.63) is 46.1 Å². The molecule has 4 rings (SSSR count). The minimum Gasteiger partial charge on any atom is -0.459 e. The Balaban J connectivity index is 1.55. The van der Waals surface area contributed by atoms with E-state index in [1.807, 2.05) is 18.7 Å². The molecule has 2 amide bonds. The molecule has 0 aromatic carbocycles. The van der Waals surface area contributed by atoms with Gasteiger partial charge in [0.15, 0.2) is 5.76 Å². The number of aromatic nitrogens is 2. The van der Waals surface area contributed by atoms with Crippen molar-refractivity contribution in [2.24, 2.45) is 0 Å². The van der Waals surface area contributed by atoms with E-state index >= 15 is 0 Å². The van der Waals surface area contributed by atoms with E-state index < -0.39 is 0 Å². The summed E-state index contributed by atoms with van der Waals surface area (Å²) in [6.07, 6.45) is 1.49. The number of piperazine rings is 1. The molecule has 0 atom stereocenters. The molecule has 1 aliphatic heterocycles. The molecular weight excluding hydrogens is 400 g/mol. The zero-order valence-corrected chi connectivity index (χ0v) is 18.8. The van der Waals surface area contributed by atoms with Gasteiger partial charge >= 0.3 is 0 Å². The maximum Gasteiger partial charge on any atom is 0.289 e. The summed E-state index contributed by atoms with van der Waals surface area (Å²) in [6.45, 7) is 12.2. The Morgan fingerprint density at radius 2 is 1.67 bits per heavy atom. The van der Waals surface area contributed by atoms with Crippen molar-refractivity contribution in [1.29, 1.82) is 0 Å². The molecule has 8 heteroatoms. The minimum absolute atomic E-state index is 0.00249. The number of aryl methyl sites for hydroxylation is 2. The molecule has 0 bridgehead atoms. The van der Waals surface area contributed by atoms with Crippen LogP contribution in [0, 0.1) is 13.8 Å². The Labute approximate surface area is 179 Å². The van der Waals surface area contributed by atoms with E-state index in [2.05, 4.69) is 25.8 Å². The lowest BCUT2D eigenvalue weighted by molar-refractivity contribution is 0.0520. The normalized spacial score (nSPS) is 15.1. The second-order valence-corrected chi connectivity index (χ2v) is 9.68. The number of carbonyl (C=O) groups excluding carboxylic acids is 2. The number of furan rings is 1. The number of fused-ring (bicyclic) bond motifs is 1. The van der Waals surface area contributed by atoms with Gasteiger partial charge in [-0.3, -0.25) is 9.59 Å². The van der Waals surface area contributed by atoms with Crippen LogP contribution in [-0.2, 0) is 5.41 Å². The monoisotopic (exact) mass is 426 g/mol. The molecule has 0 spiro atoms. The lowest BCUT2D eigenvalue weighted by Gasteiger charge is -2.34. The van der Waals surface area contributed by atoms with Crippen LogP contribution in [0.1, 0.15) is 58.1 Å². The quantitative estimate of drug-likeness (QED) is 0.623. The van der Waals surface area contributed by atoms with Crippen molar-refractivity contribution < 1.29 is 14.0 Å². The van der Waals surface area contributed by atoms with E-state index in [0.29, 0.717) is 36.8 Å². The summed E-state index contributed by atoms with van der Waals surface area (Å²) in [5.74, 6) is 0.986. The highest BCUT2D eigenvalue weighted by molar-refractivity contribution is 7.20. The molecule has 3 aromatic rings. The Morgan fingerprint density at radius 3 is 2.23 bits per heavy atom. The van der Waals surface area contributed by atoms with Crippen molar-refractivity contribution >= 4 is 33.4 Å². The summed E-state index contributed by atoms with van der Waals surface area (Å²) in [4.78, 5) is 40.3. The number of amides is 2. The third-order valence-electron chi connectivity index (χ3n) is 5.42. The lowest BCUT2D eigenvalue weighted by Crippen LogP contribution is -2.50. The average molecular weight is 427 g/mol. The first kappa shape index (κ1) is 20.5. The van der Waals surface area contributed by atoms with Crippen LogP contribution in [0.5, 0.6) is 0 Å². The van der Waals surface area contributed by atoms with E-state index in [1.165, 1.54) is 17.6 Å². The average Bonchev–Trinajstić information content (AvgIpc) is 3.35. The molecule has 7 nitrogen and oxygen atoms in total. The van der Waals surface area contributed by atoms with Gasteiger partial charge < -0.3 is 14.2 Å². The summed E-state index contributed by atoms with van der Waals surface area (Å²) >= 11 is 1.44. The number of rotatable bonds is 2. The van der Waals surface area contributed by atoms with Crippen molar-refractivity contribution in [3.8, 4) is 0 Å². The standard InChI is InChI=1S/C22H26N4O3S/c1-13-16-14(2)23-21(22(3,4)5)24-18(16)30-17(13)20(28)26-10-8-25(9-11-26)19(27)15-7-6-12-29-15/h6-7,12H,8-11H2,1-5H3. The van der Waals surface area contributed by atoms with Crippen molar-refractivity contribution in [3.63, 3.8) is 0 Å². The smallest absolute Gasteiger partial charge is 0.289 e. The first-order valence-electron chi connectivity index (χ1n) is 10.1. The maximum absolute atomic E-state index is 13.3. The molecule has 0 unspecified atom stereocenters. The van der Waals surface area contributed by atoms with Gasteiger partial charge in [-0.25, -0.2) is 9.97 Å². The summed E-state index contributed by atoms with van der Waals surface area (Å²) in [5, 5.41) is 0.975. The van der Waals surface area contributed by atoms with Gasteiger partial charge in [0.25, 0.3) is 11.8 Å². The number of hydrogen-bond donors (Lipinski definition) is 0. The Bertz CT molecular complexity index is 1100. The van der Waals surface area contributed by atoms with Gasteiger partial charge in [0.2, 0.25) is 0 Å². The molecule has 1 aliphatic rings. The largest absolute Gasteiger partial charge is 0.459 e. The summed E-state index contributed by atoms with van der Waals surface area (Å²) in [6, 6.07) is 3.36. The lowest BCUT2D eigenvalue weighted by atomic mass is 9.95. The van der Waals surface area contributed by atoms with Gasteiger partial charge in [-0.05, 0) is 31.5 Å². The van der Waals surface area contributed by atoms with Crippen LogP contribution in [0.3, 0.4) is 0 Å². The Hall–Kier alpha value is -2.74. The predicted molar refractivity (Wildman–Crippen MR) is 116 cm³/mol. The van der Waals surface area contributed by atoms with Gasteiger partial charge in [-0.15, -0.1) is 11.3 Å². The highest BCUT2D eigenvalue weighted by Gasteiger charge is 2.29. The van der Waals surface area contributed by atoms with Crippen LogP contribution in [0.25, 0.3) is 10.2 Å². The summed E-state index contributed by atoms with van der Waals surface area (Å²) in [5.41, 5.74) is 1.69. The third kappa shape index (κ3) is 3.60. The van der Waals surface area contributed by atoms with E-state index in [9.17, 15) is 9.59 Å². The third-order valence-corrected chi connectivity index (χ3v) is 6.60. The van der Waals surface area contributed by atoms with Gasteiger partial charge in [0.05, 0.1) is 16.8 Å². The number of thiophene rings is 1. The van der Waals surface area contributed by atoms with Crippen LogP contribution in [-0.4, -0.2) is 57.8 Å². The second kappa shape index (κ2) is 7.50. The SMILES string of the molecule is Cc1nc(C(C)(C)C)nc2sc(C(=O)N3CCN(C(=O)c4ccco4)CC3)c(C)c12. The zero-order chi connectivity index (χ0) is 21.6. The van der Waals surface area contributed by atoms with Gasteiger partial charge in [-0.1, -0.05) is 20.8 Å². The predicted octanol–water partition coefficient (Wildman–Crippen LogP) is 3.80. The van der Waals surface area contributed by atoms with Crippen LogP contribution < -0.4 is 0 Å². The molecule has 4 heterocycles. The molecule has 0 aliphatic carbocycles. The van der Waals surface area contributed by atoms with E-state index in [0.717, 1.165) is 27.3 Å². The first-order valence-corrected chi connectivity index (χ1v) is 10.9. The number of hydrogen-bond acceptors (Lipinski definition) is 6. The Kier molecular flexibility index (Phi) is 5.13. The molecule has 0 radical (unpaired) electrons. The summed E-state index contributed by atoms with van der Waals surface area (Å²) < 4.78 is 5.20. The zero-order valence-electron chi connectivity index (χ0n) is 18.0. The van der Waals surface area contributed by atoms with Crippen LogP contribution >= 0.6 is 11.3 Å². The molecule has 0 N–H and O–H groups in total. The van der Waals surface area contributed by atoms with Crippen molar-refractivity contribution in [2.75, 3.05) is 26.2 Å². The highest BCUT2D eigenvalue weighted by Crippen LogP contribution is 2.34. The van der Waals surface area contributed by atoms with Crippen LogP contribution in [0.15, 0.2) is 22.8 Å². The molecule has 1 fully saturated rings. The second-order valence-electron chi connectivity index (χ2n) is 8.68. The van der Waals surface area contributed by atoms with E-state index in [1.54, 1.807) is 17.0 Å². The molecule has 158 valence electrons. The minimum atomic E-state index is -0.155. The van der Waals surface area contributed by atoms with E-state index in [-0.39, 0.29) is 17.2 Å². The topological polar surface area (TPSA) is 79.5 Å². The highest BCUT2D eigenvalue weighted by atomic mass is 32.1. The number of nitrogens with zero attached hydrogens (tertiary/aromatic N) is 4. The molecule has 1 saturated heterocycles. The van der Waals surface area contributed by atoms with Crippen molar-refractivity contribution in [1.82, 2.24) is 19.8 Å². The molecule has 0 saturated carbocycles. The molecule has 3 aromatic heterocycles. The van der Waals surface area contributed by atoms with Gasteiger partial charge in [-0.2, -0.15) is 0 Å². The Morgan fingerprint density at radius 1 is 1.03 bits per heavy atom. The van der Waals surface area contributed by atoms with Crippen molar-refractivity contribution in [2.45, 2.75) is 40.0 Å². The first-order chi connectivity index (χ1) is 14.2. The van der Waals surface area contributed by atoms with Crippen LogP contribution in [0.4, 0.5) is 0 Å². The fourth-order valence-electron chi connectivity index (χ4n) is 3.69. The maximum atomic E-state index is 13.3. The fourth-order valence-corrected chi connectivity index (χ4v) is 4.89. The van der Waals surface area contributed by atoms with Crippen LogP contribution in [0.2, 0.25) is 0 Å². The van der Waals surface area contributed by atoms with E-state index in [4.69, 9.17) is 9.40 Å². The fraction of sp³-hybridized carbons (Fsp3) is 0.455. The summed E-state index contributed by atoms with van der Waals surface area (Å²) in [7, 11) is 0. The molecule has 30 heavy (non-hydrogen) atoms.